The van der Waals surface area contributed by atoms with Gasteiger partial charge in [0.05, 0.1) is 6.54 Å². The van der Waals surface area contributed by atoms with Crippen molar-refractivity contribution >= 4 is 11.9 Å². The third kappa shape index (κ3) is 5.11. The molecular formula is C11H22N2O3. The maximum atomic E-state index is 11.4. The standard InChI is InChI=1S/C11H22N2O3/c1-5-6-11(4,10(15)16)12-7-9(14)13-8(2)3/h8,12H,5-7H2,1-4H3,(H,13,14)(H,15,16). The maximum absolute atomic E-state index is 11.4. The van der Waals surface area contributed by atoms with Crippen LogP contribution in [0.1, 0.15) is 40.5 Å². The van der Waals surface area contributed by atoms with Crippen LogP contribution in [0.2, 0.25) is 0 Å². The van der Waals surface area contributed by atoms with Crippen LogP contribution in [-0.4, -0.2) is 35.1 Å². The van der Waals surface area contributed by atoms with E-state index in [1.807, 2.05) is 20.8 Å². The summed E-state index contributed by atoms with van der Waals surface area (Å²) in [6.45, 7) is 7.26. The molecule has 0 aliphatic rings. The fourth-order valence-electron chi connectivity index (χ4n) is 1.42. The van der Waals surface area contributed by atoms with Gasteiger partial charge in [-0.1, -0.05) is 13.3 Å². The van der Waals surface area contributed by atoms with E-state index in [1.54, 1.807) is 6.92 Å². The Morgan fingerprint density at radius 1 is 1.38 bits per heavy atom. The highest BCUT2D eigenvalue weighted by atomic mass is 16.4. The zero-order valence-corrected chi connectivity index (χ0v) is 10.5. The monoisotopic (exact) mass is 230 g/mol. The molecule has 0 radical (unpaired) electrons. The molecule has 1 amide bonds. The van der Waals surface area contributed by atoms with E-state index in [1.165, 1.54) is 0 Å². The topological polar surface area (TPSA) is 78.4 Å². The largest absolute Gasteiger partial charge is 0.480 e. The van der Waals surface area contributed by atoms with E-state index < -0.39 is 11.5 Å². The molecular weight excluding hydrogens is 208 g/mol. The Labute approximate surface area is 96.6 Å². The number of carboxylic acids is 1. The lowest BCUT2D eigenvalue weighted by molar-refractivity contribution is -0.144. The van der Waals surface area contributed by atoms with E-state index in [2.05, 4.69) is 10.6 Å². The molecule has 0 heterocycles. The fourth-order valence-corrected chi connectivity index (χ4v) is 1.42. The summed E-state index contributed by atoms with van der Waals surface area (Å²) in [5.41, 5.74) is -1.02. The highest BCUT2D eigenvalue weighted by molar-refractivity contribution is 5.82. The second-order valence-corrected chi connectivity index (χ2v) is 4.46. The van der Waals surface area contributed by atoms with Gasteiger partial charge in [0.25, 0.3) is 0 Å². The van der Waals surface area contributed by atoms with Gasteiger partial charge < -0.3 is 10.4 Å². The van der Waals surface area contributed by atoms with Crippen molar-refractivity contribution in [3.05, 3.63) is 0 Å². The number of hydrogen-bond acceptors (Lipinski definition) is 3. The Bertz CT molecular complexity index is 254. The summed E-state index contributed by atoms with van der Waals surface area (Å²) in [6.07, 6.45) is 1.25. The van der Waals surface area contributed by atoms with Gasteiger partial charge in [0.1, 0.15) is 5.54 Å². The summed E-state index contributed by atoms with van der Waals surface area (Å²) in [6, 6.07) is 0.0663. The molecule has 5 heteroatoms. The Morgan fingerprint density at radius 2 is 1.94 bits per heavy atom. The first-order valence-corrected chi connectivity index (χ1v) is 5.59. The van der Waals surface area contributed by atoms with Crippen LogP contribution >= 0.6 is 0 Å². The van der Waals surface area contributed by atoms with Gasteiger partial charge in [-0.15, -0.1) is 0 Å². The molecule has 5 nitrogen and oxygen atoms in total. The summed E-state index contributed by atoms with van der Waals surface area (Å²) < 4.78 is 0. The van der Waals surface area contributed by atoms with Crippen LogP contribution in [0.25, 0.3) is 0 Å². The molecule has 0 rings (SSSR count). The molecule has 0 aromatic carbocycles. The van der Waals surface area contributed by atoms with Crippen LogP contribution in [0, 0.1) is 0 Å². The van der Waals surface area contributed by atoms with Gasteiger partial charge in [-0.05, 0) is 27.2 Å². The summed E-state index contributed by atoms with van der Waals surface area (Å²) in [5.74, 6) is -1.11. The SMILES string of the molecule is CCCC(C)(NCC(=O)NC(C)C)C(=O)O. The number of amides is 1. The Balaban J connectivity index is 4.22. The first-order valence-electron chi connectivity index (χ1n) is 5.59. The summed E-state index contributed by atoms with van der Waals surface area (Å²) >= 11 is 0. The number of aliphatic carboxylic acids is 1. The molecule has 0 fully saturated rings. The first-order chi connectivity index (χ1) is 7.31. The van der Waals surface area contributed by atoms with Crippen LogP contribution in [-0.2, 0) is 9.59 Å². The predicted octanol–water partition coefficient (Wildman–Crippen LogP) is 0.744. The minimum atomic E-state index is -1.02. The third-order valence-corrected chi connectivity index (χ3v) is 2.31. The summed E-state index contributed by atoms with van der Waals surface area (Å²) in [4.78, 5) is 22.4. The summed E-state index contributed by atoms with van der Waals surface area (Å²) in [5, 5.41) is 14.6. The molecule has 0 aliphatic carbocycles. The molecule has 0 aliphatic heterocycles. The number of rotatable bonds is 7. The van der Waals surface area contributed by atoms with Crippen molar-refractivity contribution < 1.29 is 14.7 Å². The molecule has 0 saturated heterocycles. The molecule has 0 saturated carbocycles. The van der Waals surface area contributed by atoms with Crippen LogP contribution in [0.4, 0.5) is 0 Å². The first kappa shape index (κ1) is 14.9. The van der Waals surface area contributed by atoms with E-state index in [0.717, 1.165) is 6.42 Å². The predicted molar refractivity (Wildman–Crippen MR) is 62.2 cm³/mol. The number of carbonyl (C=O) groups is 2. The minimum absolute atomic E-state index is 0.0288. The molecule has 1 unspecified atom stereocenters. The highest BCUT2D eigenvalue weighted by Gasteiger charge is 2.31. The van der Waals surface area contributed by atoms with Crippen molar-refractivity contribution in [2.45, 2.75) is 52.1 Å². The van der Waals surface area contributed by atoms with Crippen molar-refractivity contribution in [1.82, 2.24) is 10.6 Å². The van der Waals surface area contributed by atoms with E-state index >= 15 is 0 Å². The van der Waals surface area contributed by atoms with Crippen LogP contribution < -0.4 is 10.6 Å². The smallest absolute Gasteiger partial charge is 0.323 e. The second kappa shape index (κ2) is 6.48. The molecule has 0 spiro atoms. The summed E-state index contributed by atoms with van der Waals surface area (Å²) in [7, 11) is 0. The average molecular weight is 230 g/mol. The molecule has 94 valence electrons. The van der Waals surface area contributed by atoms with Gasteiger partial charge in [-0.3, -0.25) is 14.9 Å². The van der Waals surface area contributed by atoms with Crippen molar-refractivity contribution in [3.63, 3.8) is 0 Å². The van der Waals surface area contributed by atoms with Gasteiger partial charge in [0.15, 0.2) is 0 Å². The van der Waals surface area contributed by atoms with Crippen LogP contribution in [0.3, 0.4) is 0 Å². The lowest BCUT2D eigenvalue weighted by Gasteiger charge is -2.25. The van der Waals surface area contributed by atoms with E-state index in [4.69, 9.17) is 5.11 Å². The van der Waals surface area contributed by atoms with Gasteiger partial charge in [-0.25, -0.2) is 0 Å². The molecule has 0 aromatic heterocycles. The average Bonchev–Trinajstić information content (AvgIpc) is 2.14. The van der Waals surface area contributed by atoms with Crippen molar-refractivity contribution in [3.8, 4) is 0 Å². The van der Waals surface area contributed by atoms with Gasteiger partial charge in [0, 0.05) is 6.04 Å². The van der Waals surface area contributed by atoms with Crippen LogP contribution in [0.5, 0.6) is 0 Å². The van der Waals surface area contributed by atoms with E-state index in [0.29, 0.717) is 6.42 Å². The van der Waals surface area contributed by atoms with Gasteiger partial charge >= 0.3 is 5.97 Å². The Hall–Kier alpha value is -1.10. The maximum Gasteiger partial charge on any atom is 0.323 e. The second-order valence-electron chi connectivity index (χ2n) is 4.46. The van der Waals surface area contributed by atoms with E-state index in [9.17, 15) is 9.59 Å². The number of carboxylic acid groups (broad SMARTS) is 1. The van der Waals surface area contributed by atoms with Gasteiger partial charge in [-0.2, -0.15) is 0 Å². The Morgan fingerprint density at radius 3 is 2.31 bits per heavy atom. The molecule has 0 aromatic rings. The van der Waals surface area contributed by atoms with Crippen molar-refractivity contribution in [2.24, 2.45) is 0 Å². The highest BCUT2D eigenvalue weighted by Crippen LogP contribution is 2.11. The normalized spacial score (nSPS) is 14.6. The zero-order chi connectivity index (χ0) is 12.8. The molecule has 3 N–H and O–H groups in total. The molecule has 0 bridgehead atoms. The lowest BCUT2D eigenvalue weighted by Crippen LogP contribution is -2.53. The molecule has 16 heavy (non-hydrogen) atoms. The number of hydrogen-bond donors (Lipinski definition) is 3. The van der Waals surface area contributed by atoms with Crippen molar-refractivity contribution in [2.75, 3.05) is 6.54 Å². The van der Waals surface area contributed by atoms with Crippen molar-refractivity contribution in [1.29, 1.82) is 0 Å². The fraction of sp³-hybridized carbons (Fsp3) is 0.818. The molecule has 1 atom stereocenters. The number of nitrogens with one attached hydrogen (secondary N) is 2. The van der Waals surface area contributed by atoms with E-state index in [-0.39, 0.29) is 18.5 Å². The third-order valence-electron chi connectivity index (χ3n) is 2.31. The van der Waals surface area contributed by atoms with Gasteiger partial charge in [0.2, 0.25) is 5.91 Å². The number of carbonyl (C=O) groups excluding carboxylic acids is 1. The lowest BCUT2D eigenvalue weighted by atomic mass is 9.96. The zero-order valence-electron chi connectivity index (χ0n) is 10.5. The van der Waals surface area contributed by atoms with Crippen LogP contribution in [0.15, 0.2) is 0 Å². The Kier molecular flexibility index (Phi) is 6.03. The quantitative estimate of drug-likeness (QED) is 0.603. The minimum Gasteiger partial charge on any atom is -0.480 e.